The van der Waals surface area contributed by atoms with Crippen LogP contribution in [0, 0.1) is 5.92 Å². The molecule has 3 N–H and O–H groups in total. The Morgan fingerprint density at radius 2 is 1.52 bits per heavy atom. The van der Waals surface area contributed by atoms with Crippen LogP contribution < -0.4 is 15.4 Å². The smallest absolute Gasteiger partial charge is 0.408 e. The van der Waals surface area contributed by atoms with Crippen molar-refractivity contribution in [2.45, 2.75) is 113 Å². The van der Waals surface area contributed by atoms with E-state index >= 15 is 4.79 Å². The number of ether oxygens (including phenoxy) is 2. The summed E-state index contributed by atoms with van der Waals surface area (Å²) in [6, 6.07) is 23.0. The Morgan fingerprint density at radius 3 is 2.05 bits per heavy atom. The van der Waals surface area contributed by atoms with Crippen LogP contribution in [0.3, 0.4) is 0 Å². The van der Waals surface area contributed by atoms with Crippen LogP contribution in [0.4, 0.5) is 4.79 Å². The van der Waals surface area contributed by atoms with Crippen LogP contribution in [0.1, 0.15) is 83.9 Å². The minimum atomic E-state index is -3.92. The molecular formula is C45H56N4O8S. The molecule has 0 bridgehead atoms. The van der Waals surface area contributed by atoms with Gasteiger partial charge in [-0.3, -0.25) is 19.1 Å². The van der Waals surface area contributed by atoms with E-state index in [1.54, 1.807) is 20.8 Å². The average Bonchev–Trinajstić information content (AvgIpc) is 4.10. The third-order valence-corrected chi connectivity index (χ3v) is 13.1. The first kappa shape index (κ1) is 42.6. The van der Waals surface area contributed by atoms with Gasteiger partial charge in [0.05, 0.1) is 11.8 Å². The van der Waals surface area contributed by atoms with Crippen molar-refractivity contribution in [1.82, 2.24) is 20.3 Å². The molecule has 5 atom stereocenters. The van der Waals surface area contributed by atoms with Gasteiger partial charge < -0.3 is 25.0 Å². The molecule has 0 aromatic heterocycles. The molecule has 2 saturated carbocycles. The molecule has 3 aromatic carbocycles. The van der Waals surface area contributed by atoms with Crippen molar-refractivity contribution < 1.29 is 37.1 Å². The summed E-state index contributed by atoms with van der Waals surface area (Å²) in [6.45, 7) is 15.2. The SMILES string of the molecule is C=CC1C[C@]1(NC(=O)[C@@H]1C[C@@](OC)(c2ccc(-c3ccccc3)cc2)CN1C(=O)C(Cc1ccc(C(C)(C)C)cc1)NC(=O)OC(C)(C)C)C(=O)NS(=O)(=O)C1CC1. The van der Waals surface area contributed by atoms with Gasteiger partial charge in [0.15, 0.2) is 0 Å². The molecule has 310 valence electrons. The second-order valence-electron chi connectivity index (χ2n) is 17.9. The molecular weight excluding hydrogens is 757 g/mol. The molecule has 1 saturated heterocycles. The minimum absolute atomic E-state index is 0.00201. The number of sulfonamides is 1. The standard InChI is InChI=1S/C45H56N4O8S/c1-9-32-26-45(32,40(52)48-58(54,55)35-23-24-35)47-38(50)37-27-44(56-8,34-21-17-31(18-22-34)30-13-11-10-12-14-30)28-49(37)39(51)36(46-41(53)57-43(5,6)7)25-29-15-19-33(20-16-29)42(2,3)4/h9-22,32,35-37H,1,23-28H2,2-8H3,(H,46,53)(H,47,50)(H,48,52)/t32?,36?,37-,44-,45+/m0/s1. The highest BCUT2D eigenvalue weighted by Gasteiger charge is 2.62. The topological polar surface area (TPSA) is 160 Å². The molecule has 12 nitrogen and oxygen atoms in total. The Kier molecular flexibility index (Phi) is 11.7. The number of nitrogens with zero attached hydrogens (tertiary/aromatic N) is 1. The summed E-state index contributed by atoms with van der Waals surface area (Å²) in [7, 11) is -2.40. The van der Waals surface area contributed by atoms with Gasteiger partial charge >= 0.3 is 6.09 Å². The summed E-state index contributed by atoms with van der Waals surface area (Å²) < 4.78 is 39.7. The number of hydrogen-bond acceptors (Lipinski definition) is 8. The van der Waals surface area contributed by atoms with E-state index in [2.05, 4.69) is 42.7 Å². The molecule has 3 fully saturated rings. The molecule has 3 aromatic rings. The lowest BCUT2D eigenvalue weighted by Crippen LogP contribution is -2.58. The highest BCUT2D eigenvalue weighted by molar-refractivity contribution is 7.91. The van der Waals surface area contributed by atoms with Gasteiger partial charge in [-0.15, -0.1) is 6.58 Å². The molecule has 6 rings (SSSR count). The highest BCUT2D eigenvalue weighted by Crippen LogP contribution is 2.46. The van der Waals surface area contributed by atoms with E-state index in [9.17, 15) is 22.8 Å². The van der Waals surface area contributed by atoms with E-state index in [0.717, 1.165) is 27.8 Å². The van der Waals surface area contributed by atoms with Crippen molar-refractivity contribution in [1.29, 1.82) is 0 Å². The Labute approximate surface area is 342 Å². The molecule has 2 unspecified atom stereocenters. The summed E-state index contributed by atoms with van der Waals surface area (Å²) in [5.41, 5.74) is 0.857. The maximum absolute atomic E-state index is 15.0. The predicted octanol–water partition coefficient (Wildman–Crippen LogP) is 5.90. The van der Waals surface area contributed by atoms with E-state index in [1.807, 2.05) is 78.9 Å². The number of benzene rings is 3. The van der Waals surface area contributed by atoms with E-state index < -0.39 is 73.8 Å². The summed E-state index contributed by atoms with van der Waals surface area (Å²) >= 11 is 0. The van der Waals surface area contributed by atoms with Crippen LogP contribution in [-0.2, 0) is 51.3 Å². The van der Waals surface area contributed by atoms with Crippen LogP contribution in [0.2, 0.25) is 0 Å². The van der Waals surface area contributed by atoms with Crippen LogP contribution in [-0.4, -0.2) is 79.3 Å². The zero-order valence-corrected chi connectivity index (χ0v) is 35.3. The Bertz CT molecular complexity index is 2140. The van der Waals surface area contributed by atoms with Gasteiger partial charge in [-0.1, -0.05) is 106 Å². The van der Waals surface area contributed by atoms with Crippen LogP contribution >= 0.6 is 0 Å². The number of carbonyl (C=O) groups is 4. The molecule has 58 heavy (non-hydrogen) atoms. The third-order valence-electron chi connectivity index (χ3n) is 11.3. The number of likely N-dealkylation sites (tertiary alicyclic amines) is 1. The molecule has 1 aliphatic heterocycles. The number of amides is 4. The lowest BCUT2D eigenvalue weighted by molar-refractivity contribution is -0.141. The lowest BCUT2D eigenvalue weighted by Gasteiger charge is -2.31. The summed E-state index contributed by atoms with van der Waals surface area (Å²) in [6.07, 6.45) is 1.85. The van der Waals surface area contributed by atoms with Crippen LogP contribution in [0.25, 0.3) is 11.1 Å². The summed E-state index contributed by atoms with van der Waals surface area (Å²) in [5, 5.41) is 4.99. The van der Waals surface area contributed by atoms with Gasteiger partial charge in [-0.2, -0.15) is 0 Å². The Hall–Kier alpha value is -5.01. The quantitative estimate of drug-likeness (QED) is 0.180. The second kappa shape index (κ2) is 16.0. The number of carbonyl (C=O) groups excluding carboxylic acids is 4. The molecule has 1 heterocycles. The van der Waals surface area contributed by atoms with Gasteiger partial charge in [-0.05, 0) is 73.3 Å². The zero-order chi connectivity index (χ0) is 42.3. The van der Waals surface area contributed by atoms with Crippen molar-refractivity contribution in [2.75, 3.05) is 13.7 Å². The monoisotopic (exact) mass is 812 g/mol. The number of hydrogen-bond donors (Lipinski definition) is 3. The van der Waals surface area contributed by atoms with Crippen molar-refractivity contribution >= 4 is 33.8 Å². The van der Waals surface area contributed by atoms with Crippen molar-refractivity contribution in [3.8, 4) is 11.1 Å². The van der Waals surface area contributed by atoms with Crippen molar-refractivity contribution in [3.63, 3.8) is 0 Å². The van der Waals surface area contributed by atoms with E-state index in [1.165, 1.54) is 18.1 Å². The predicted molar refractivity (Wildman–Crippen MR) is 222 cm³/mol. The Balaban J connectivity index is 1.36. The molecule has 13 heteroatoms. The van der Waals surface area contributed by atoms with Gasteiger partial charge in [0.25, 0.3) is 5.91 Å². The van der Waals surface area contributed by atoms with Crippen molar-refractivity contribution in [2.24, 2.45) is 5.92 Å². The molecule has 3 aliphatic rings. The summed E-state index contributed by atoms with van der Waals surface area (Å²) in [4.78, 5) is 58.1. The van der Waals surface area contributed by atoms with E-state index in [0.29, 0.717) is 12.8 Å². The summed E-state index contributed by atoms with van der Waals surface area (Å²) in [5.74, 6) is -2.60. The van der Waals surface area contributed by atoms with E-state index in [-0.39, 0.29) is 31.2 Å². The second-order valence-corrected chi connectivity index (χ2v) is 19.8. The van der Waals surface area contributed by atoms with Crippen molar-refractivity contribution in [3.05, 3.63) is 108 Å². The first-order chi connectivity index (χ1) is 27.2. The van der Waals surface area contributed by atoms with E-state index in [4.69, 9.17) is 9.47 Å². The van der Waals surface area contributed by atoms with Crippen LogP contribution in [0.15, 0.2) is 91.5 Å². The average molecular weight is 813 g/mol. The fourth-order valence-electron chi connectivity index (χ4n) is 7.66. The maximum Gasteiger partial charge on any atom is 0.408 e. The molecule has 2 aliphatic carbocycles. The third kappa shape index (κ3) is 9.31. The normalized spacial score (nSPS) is 23.7. The first-order valence-electron chi connectivity index (χ1n) is 19.8. The van der Waals surface area contributed by atoms with Crippen LogP contribution in [0.5, 0.6) is 0 Å². The van der Waals surface area contributed by atoms with Gasteiger partial charge in [-0.25, -0.2) is 13.2 Å². The number of methoxy groups -OCH3 is 1. The fraction of sp³-hybridized carbons (Fsp3) is 0.467. The molecule has 4 amide bonds. The minimum Gasteiger partial charge on any atom is -0.444 e. The Morgan fingerprint density at radius 1 is 0.897 bits per heavy atom. The van der Waals surface area contributed by atoms with Gasteiger partial charge in [0.2, 0.25) is 21.8 Å². The number of nitrogens with one attached hydrogen (secondary N) is 3. The number of alkyl carbamates (subject to hydrolysis) is 1. The largest absolute Gasteiger partial charge is 0.444 e. The fourth-order valence-corrected chi connectivity index (χ4v) is 9.02. The zero-order valence-electron chi connectivity index (χ0n) is 34.5. The van der Waals surface area contributed by atoms with Gasteiger partial charge in [0, 0.05) is 25.9 Å². The first-order valence-corrected chi connectivity index (χ1v) is 21.4. The van der Waals surface area contributed by atoms with Gasteiger partial charge in [0.1, 0.15) is 28.8 Å². The maximum atomic E-state index is 15.0. The lowest BCUT2D eigenvalue weighted by atomic mass is 9.86. The molecule has 0 spiro atoms. The highest BCUT2D eigenvalue weighted by atomic mass is 32.2. The molecule has 0 radical (unpaired) electrons. The number of rotatable bonds is 13.